The predicted molar refractivity (Wildman–Crippen MR) is 101 cm³/mol. The first-order valence-corrected chi connectivity index (χ1v) is 9.19. The Hall–Kier alpha value is -2.47. The molecule has 0 aliphatic heterocycles. The number of hydrogen-bond acceptors (Lipinski definition) is 5. The van der Waals surface area contributed by atoms with Gasteiger partial charge >= 0.3 is 5.97 Å². The molecule has 1 N–H and O–H groups in total. The van der Waals surface area contributed by atoms with E-state index in [0.29, 0.717) is 23.3 Å². The Labute approximate surface area is 157 Å². The first-order valence-electron chi connectivity index (χ1n) is 8.32. The fourth-order valence-electron chi connectivity index (χ4n) is 2.31. The lowest BCUT2D eigenvalue weighted by atomic mass is 9.95. The van der Waals surface area contributed by atoms with E-state index in [9.17, 15) is 14.4 Å². The van der Waals surface area contributed by atoms with Crippen LogP contribution in [-0.2, 0) is 22.4 Å². The van der Waals surface area contributed by atoms with Crippen molar-refractivity contribution in [3.8, 4) is 0 Å². The second-order valence-corrected chi connectivity index (χ2v) is 7.92. The smallest absolute Gasteiger partial charge is 0.348 e. The molecule has 1 heterocycles. The third-order valence-electron chi connectivity index (χ3n) is 3.90. The van der Waals surface area contributed by atoms with Crippen molar-refractivity contribution < 1.29 is 19.1 Å². The van der Waals surface area contributed by atoms with Gasteiger partial charge in [0.25, 0.3) is 5.91 Å². The number of aryl methyl sites for hydroxylation is 2. The molecule has 2 rings (SSSR count). The number of thiophene rings is 1. The molecule has 0 fully saturated rings. The summed E-state index contributed by atoms with van der Waals surface area (Å²) in [5.74, 6) is -1.05. The standard InChI is InChI=1S/C20H23NO4S/c1-20(2,3)19(24)21-17(22)15-7-5-6-13(12-15)8-9-14-10-11-26-16(14)18(23)25-4/h5-7,10-12H,8-9H2,1-4H3,(H,21,22,24). The highest BCUT2D eigenvalue weighted by Crippen LogP contribution is 2.20. The average molecular weight is 373 g/mol. The van der Waals surface area contributed by atoms with Crippen molar-refractivity contribution in [2.75, 3.05) is 7.11 Å². The number of amides is 2. The minimum Gasteiger partial charge on any atom is -0.465 e. The van der Waals surface area contributed by atoms with Crippen molar-refractivity contribution in [1.29, 1.82) is 0 Å². The summed E-state index contributed by atoms with van der Waals surface area (Å²) < 4.78 is 4.79. The first-order chi connectivity index (χ1) is 12.2. The van der Waals surface area contributed by atoms with Gasteiger partial charge in [0.05, 0.1) is 7.11 Å². The fourth-order valence-corrected chi connectivity index (χ4v) is 3.18. The second kappa shape index (κ2) is 8.27. The van der Waals surface area contributed by atoms with E-state index in [0.717, 1.165) is 11.1 Å². The SMILES string of the molecule is COC(=O)c1sccc1CCc1cccc(C(=O)NC(=O)C(C)(C)C)c1. The van der Waals surface area contributed by atoms with Crippen LogP contribution in [0.4, 0.5) is 0 Å². The van der Waals surface area contributed by atoms with Crippen LogP contribution in [0.3, 0.4) is 0 Å². The summed E-state index contributed by atoms with van der Waals surface area (Å²) >= 11 is 1.36. The first kappa shape index (κ1) is 19.8. The van der Waals surface area contributed by atoms with Crippen LogP contribution in [0.25, 0.3) is 0 Å². The Morgan fingerprint density at radius 2 is 1.85 bits per heavy atom. The van der Waals surface area contributed by atoms with Gasteiger partial charge in [-0.3, -0.25) is 14.9 Å². The maximum absolute atomic E-state index is 12.3. The molecule has 1 aromatic heterocycles. The quantitative estimate of drug-likeness (QED) is 0.813. The number of esters is 1. The number of benzene rings is 1. The van der Waals surface area contributed by atoms with E-state index >= 15 is 0 Å². The van der Waals surface area contributed by atoms with Crippen molar-refractivity contribution in [3.05, 3.63) is 57.3 Å². The van der Waals surface area contributed by atoms with E-state index in [1.165, 1.54) is 18.4 Å². The number of ether oxygens (including phenoxy) is 1. The van der Waals surface area contributed by atoms with E-state index in [1.807, 2.05) is 17.5 Å². The third-order valence-corrected chi connectivity index (χ3v) is 4.83. The third kappa shape index (κ3) is 5.02. The minimum absolute atomic E-state index is 0.311. The molecule has 0 aliphatic carbocycles. The van der Waals surface area contributed by atoms with Crippen LogP contribution in [0, 0.1) is 5.41 Å². The molecule has 5 nitrogen and oxygen atoms in total. The molecular formula is C20H23NO4S. The molecule has 0 atom stereocenters. The van der Waals surface area contributed by atoms with Gasteiger partial charge in [0.1, 0.15) is 4.88 Å². The lowest BCUT2D eigenvalue weighted by molar-refractivity contribution is -0.127. The number of carbonyl (C=O) groups excluding carboxylic acids is 3. The zero-order valence-corrected chi connectivity index (χ0v) is 16.2. The van der Waals surface area contributed by atoms with Gasteiger partial charge in [0.15, 0.2) is 0 Å². The lowest BCUT2D eigenvalue weighted by Gasteiger charge is -2.16. The minimum atomic E-state index is -0.628. The summed E-state index contributed by atoms with van der Waals surface area (Å²) in [5, 5.41) is 4.29. The summed E-state index contributed by atoms with van der Waals surface area (Å²) in [6.45, 7) is 5.27. The molecule has 0 radical (unpaired) electrons. The summed E-state index contributed by atoms with van der Waals surface area (Å²) in [4.78, 5) is 36.6. The highest BCUT2D eigenvalue weighted by molar-refractivity contribution is 7.12. The van der Waals surface area contributed by atoms with Crippen LogP contribution in [0.5, 0.6) is 0 Å². The van der Waals surface area contributed by atoms with E-state index in [2.05, 4.69) is 5.32 Å². The molecule has 0 bridgehead atoms. The van der Waals surface area contributed by atoms with Gasteiger partial charge in [-0.2, -0.15) is 0 Å². The highest BCUT2D eigenvalue weighted by Gasteiger charge is 2.23. The van der Waals surface area contributed by atoms with Crippen LogP contribution in [-0.4, -0.2) is 24.9 Å². The van der Waals surface area contributed by atoms with Crippen molar-refractivity contribution >= 4 is 29.1 Å². The van der Waals surface area contributed by atoms with Gasteiger partial charge in [-0.05, 0) is 47.5 Å². The Bertz CT molecular complexity index is 817. The summed E-state index contributed by atoms with van der Waals surface area (Å²) in [6.07, 6.45) is 1.34. The van der Waals surface area contributed by atoms with Gasteiger partial charge < -0.3 is 4.74 Å². The molecule has 0 aliphatic rings. The van der Waals surface area contributed by atoms with Crippen LogP contribution in [0.15, 0.2) is 35.7 Å². The Balaban J connectivity index is 2.06. The Kier molecular flexibility index (Phi) is 6.32. The number of carbonyl (C=O) groups is 3. The number of hydrogen-bond donors (Lipinski definition) is 1. The zero-order valence-electron chi connectivity index (χ0n) is 15.4. The number of rotatable bonds is 5. The fraction of sp³-hybridized carbons (Fsp3) is 0.350. The van der Waals surface area contributed by atoms with Gasteiger partial charge in [-0.1, -0.05) is 32.9 Å². The summed E-state index contributed by atoms with van der Waals surface area (Å²) in [7, 11) is 1.37. The number of imide groups is 1. The highest BCUT2D eigenvalue weighted by atomic mass is 32.1. The molecule has 1 aromatic carbocycles. The molecule has 0 spiro atoms. The van der Waals surface area contributed by atoms with E-state index in [4.69, 9.17) is 4.74 Å². The summed E-state index contributed by atoms with van der Waals surface area (Å²) in [6, 6.07) is 9.08. The van der Waals surface area contributed by atoms with Gasteiger partial charge in [0, 0.05) is 11.0 Å². The van der Waals surface area contributed by atoms with Crippen molar-refractivity contribution in [2.45, 2.75) is 33.6 Å². The van der Waals surface area contributed by atoms with Crippen LogP contribution in [0.2, 0.25) is 0 Å². The van der Waals surface area contributed by atoms with Crippen molar-refractivity contribution in [1.82, 2.24) is 5.32 Å². The van der Waals surface area contributed by atoms with Crippen LogP contribution < -0.4 is 5.32 Å². The normalized spacial score (nSPS) is 11.1. The summed E-state index contributed by atoms with van der Waals surface area (Å²) in [5.41, 5.74) is 1.71. The zero-order chi connectivity index (χ0) is 19.3. The molecule has 2 aromatic rings. The maximum atomic E-state index is 12.3. The van der Waals surface area contributed by atoms with E-state index in [1.54, 1.807) is 39.0 Å². The number of methoxy groups -OCH3 is 1. The van der Waals surface area contributed by atoms with E-state index in [-0.39, 0.29) is 11.9 Å². The molecule has 26 heavy (non-hydrogen) atoms. The number of nitrogens with one attached hydrogen (secondary N) is 1. The molecular weight excluding hydrogens is 350 g/mol. The van der Waals surface area contributed by atoms with Gasteiger partial charge in [-0.25, -0.2) is 4.79 Å². The second-order valence-electron chi connectivity index (χ2n) is 7.00. The monoisotopic (exact) mass is 373 g/mol. The average Bonchev–Trinajstić information content (AvgIpc) is 3.07. The molecule has 2 amide bonds. The molecule has 0 saturated heterocycles. The Morgan fingerprint density at radius 1 is 1.12 bits per heavy atom. The van der Waals surface area contributed by atoms with E-state index < -0.39 is 11.3 Å². The molecule has 0 saturated carbocycles. The molecule has 0 unspecified atom stereocenters. The molecule has 6 heteroatoms. The predicted octanol–water partition coefficient (Wildman–Crippen LogP) is 3.62. The van der Waals surface area contributed by atoms with Crippen molar-refractivity contribution in [2.24, 2.45) is 5.41 Å². The van der Waals surface area contributed by atoms with Crippen LogP contribution >= 0.6 is 11.3 Å². The lowest BCUT2D eigenvalue weighted by Crippen LogP contribution is -2.38. The Morgan fingerprint density at radius 3 is 2.50 bits per heavy atom. The van der Waals surface area contributed by atoms with Crippen LogP contribution in [0.1, 0.15) is 51.9 Å². The topological polar surface area (TPSA) is 72.5 Å². The largest absolute Gasteiger partial charge is 0.465 e. The maximum Gasteiger partial charge on any atom is 0.348 e. The molecule has 138 valence electrons. The van der Waals surface area contributed by atoms with Gasteiger partial charge in [0.2, 0.25) is 5.91 Å². The van der Waals surface area contributed by atoms with Crippen molar-refractivity contribution in [3.63, 3.8) is 0 Å². The van der Waals surface area contributed by atoms with Gasteiger partial charge in [-0.15, -0.1) is 11.3 Å².